The molecule has 4 nitrogen and oxygen atoms in total. The maximum absolute atomic E-state index is 12.6. The number of nitrogens with zero attached hydrogens (tertiary/aromatic N) is 1. The monoisotopic (exact) mass is 424 g/mol. The number of Topliss-reactive ketones (excluding diaryl/α,β-unsaturated/α-hetero) is 1. The van der Waals surface area contributed by atoms with Crippen molar-refractivity contribution in [3.63, 3.8) is 0 Å². The third-order valence-corrected chi connectivity index (χ3v) is 7.21. The zero-order valence-electron chi connectivity index (χ0n) is 20.1. The van der Waals surface area contributed by atoms with Crippen LogP contribution in [0.5, 0.6) is 11.5 Å². The van der Waals surface area contributed by atoms with Gasteiger partial charge in [-0.05, 0) is 59.8 Å². The molecule has 2 rings (SSSR count). The van der Waals surface area contributed by atoms with Crippen LogP contribution in [0.25, 0.3) is 0 Å². The number of ketones is 1. The summed E-state index contributed by atoms with van der Waals surface area (Å²) in [6.07, 6.45) is 4.93. The van der Waals surface area contributed by atoms with E-state index in [1.165, 1.54) is 23.8 Å². The number of phenols is 2. The van der Waals surface area contributed by atoms with Crippen LogP contribution in [0.4, 0.5) is 0 Å². The van der Waals surface area contributed by atoms with Gasteiger partial charge in [0, 0.05) is 17.7 Å². The molecule has 0 aliphatic carbocycles. The van der Waals surface area contributed by atoms with Crippen LogP contribution in [0, 0.1) is 16.7 Å². The number of pyridine rings is 1. The summed E-state index contributed by atoms with van der Waals surface area (Å²) in [6, 6.07) is 8.36. The SMILES string of the molecule is C=C(C)C(C)(C)C(CC(C)(C)C(C)C)c1cc[n+](CC(=O)c2ccc(O)c(O)c2)cc1. The first-order valence-electron chi connectivity index (χ1n) is 11.0. The highest BCUT2D eigenvalue weighted by atomic mass is 16.3. The Labute approximate surface area is 187 Å². The first kappa shape index (κ1) is 24.6. The summed E-state index contributed by atoms with van der Waals surface area (Å²) in [5.74, 6) is 0.214. The second kappa shape index (κ2) is 9.25. The van der Waals surface area contributed by atoms with E-state index < -0.39 is 0 Å². The number of rotatable bonds is 9. The molecule has 0 fully saturated rings. The zero-order valence-corrected chi connectivity index (χ0v) is 20.1. The van der Waals surface area contributed by atoms with Crippen LogP contribution in [0.15, 0.2) is 54.9 Å². The van der Waals surface area contributed by atoms with Gasteiger partial charge in [-0.1, -0.05) is 53.7 Å². The van der Waals surface area contributed by atoms with Crippen LogP contribution in [-0.4, -0.2) is 16.0 Å². The van der Waals surface area contributed by atoms with E-state index in [1.54, 1.807) is 0 Å². The lowest BCUT2D eigenvalue weighted by molar-refractivity contribution is -0.683. The topological polar surface area (TPSA) is 61.4 Å². The lowest BCUT2D eigenvalue weighted by Crippen LogP contribution is -2.38. The average Bonchev–Trinajstić information content (AvgIpc) is 2.68. The fourth-order valence-corrected chi connectivity index (χ4v) is 3.61. The molecule has 1 aromatic carbocycles. The van der Waals surface area contributed by atoms with Crippen LogP contribution in [-0.2, 0) is 6.54 Å². The molecule has 1 atom stereocenters. The van der Waals surface area contributed by atoms with E-state index in [1.807, 2.05) is 17.0 Å². The molecule has 0 bridgehead atoms. The van der Waals surface area contributed by atoms with Gasteiger partial charge in [0.25, 0.3) is 0 Å². The van der Waals surface area contributed by atoms with Crippen LogP contribution >= 0.6 is 0 Å². The van der Waals surface area contributed by atoms with Gasteiger partial charge < -0.3 is 10.2 Å². The number of phenolic OH excluding ortho intramolecular Hbond substituents is 2. The summed E-state index contributed by atoms with van der Waals surface area (Å²) in [6.45, 7) is 20.3. The Morgan fingerprint density at radius 2 is 1.61 bits per heavy atom. The van der Waals surface area contributed by atoms with Crippen molar-refractivity contribution < 1.29 is 19.6 Å². The molecule has 0 amide bonds. The van der Waals surface area contributed by atoms with E-state index in [2.05, 4.69) is 67.2 Å². The van der Waals surface area contributed by atoms with Crippen LogP contribution < -0.4 is 4.57 Å². The Bertz CT molecular complexity index is 939. The second-order valence-corrected chi connectivity index (χ2v) is 10.3. The number of aromatic hydroxyl groups is 2. The number of benzene rings is 1. The Kier molecular flexibility index (Phi) is 7.36. The lowest BCUT2D eigenvalue weighted by atomic mass is 9.63. The fourth-order valence-electron chi connectivity index (χ4n) is 3.61. The lowest BCUT2D eigenvalue weighted by Gasteiger charge is -2.41. The predicted octanol–water partition coefficient (Wildman–Crippen LogP) is 6.03. The minimum Gasteiger partial charge on any atom is -0.504 e. The summed E-state index contributed by atoms with van der Waals surface area (Å²) >= 11 is 0. The molecule has 2 N–H and O–H groups in total. The maximum atomic E-state index is 12.6. The molecule has 0 saturated carbocycles. The summed E-state index contributed by atoms with van der Waals surface area (Å²) in [4.78, 5) is 12.6. The molecule has 2 aromatic rings. The first-order valence-corrected chi connectivity index (χ1v) is 11.0. The number of hydrogen-bond acceptors (Lipinski definition) is 3. The average molecular weight is 425 g/mol. The summed E-state index contributed by atoms with van der Waals surface area (Å²) in [5, 5.41) is 19.1. The van der Waals surface area contributed by atoms with Gasteiger partial charge in [0.1, 0.15) is 0 Å². The van der Waals surface area contributed by atoms with Crippen LogP contribution in [0.2, 0.25) is 0 Å². The van der Waals surface area contributed by atoms with E-state index in [4.69, 9.17) is 0 Å². The molecule has 0 saturated heterocycles. The van der Waals surface area contributed by atoms with Gasteiger partial charge in [0.2, 0.25) is 12.3 Å². The Balaban J connectivity index is 2.28. The standard InChI is InChI=1S/C27H37NO3/c1-18(2)26(5,6)16-22(27(7,8)19(3)4)20-11-13-28(14-12-20)17-25(31)21-9-10-23(29)24(30)15-21/h9-15,18,22H,3,16-17H2,1-2,4-8H3,(H-,29,30,31)/p+1. The van der Waals surface area contributed by atoms with Crippen molar-refractivity contribution in [2.24, 2.45) is 16.7 Å². The molecule has 31 heavy (non-hydrogen) atoms. The van der Waals surface area contributed by atoms with E-state index in [-0.39, 0.29) is 34.7 Å². The Morgan fingerprint density at radius 1 is 1.03 bits per heavy atom. The third-order valence-electron chi connectivity index (χ3n) is 7.21. The molecule has 0 aliphatic heterocycles. The minimum absolute atomic E-state index is 0.0578. The fraction of sp³-hybridized carbons (Fsp3) is 0.481. The minimum atomic E-state index is -0.288. The zero-order chi connectivity index (χ0) is 23.6. The number of aromatic nitrogens is 1. The molecular weight excluding hydrogens is 386 g/mol. The van der Waals surface area contributed by atoms with E-state index in [0.717, 1.165) is 12.0 Å². The molecular formula is C27H38NO3+. The van der Waals surface area contributed by atoms with Crippen molar-refractivity contribution in [3.8, 4) is 11.5 Å². The number of hydrogen-bond donors (Lipinski definition) is 2. The summed E-state index contributed by atoms with van der Waals surface area (Å²) in [7, 11) is 0. The number of allylic oxidation sites excluding steroid dienone is 1. The largest absolute Gasteiger partial charge is 0.504 e. The van der Waals surface area contributed by atoms with Gasteiger partial charge in [0.15, 0.2) is 23.9 Å². The number of carbonyl (C=O) groups is 1. The highest BCUT2D eigenvalue weighted by Gasteiger charge is 2.37. The van der Waals surface area contributed by atoms with E-state index >= 15 is 0 Å². The molecule has 4 heteroatoms. The van der Waals surface area contributed by atoms with Crippen molar-refractivity contribution >= 4 is 5.78 Å². The first-order chi connectivity index (χ1) is 14.3. The number of carbonyl (C=O) groups excluding carboxylic acids is 1. The quantitative estimate of drug-likeness (QED) is 0.224. The van der Waals surface area contributed by atoms with Gasteiger partial charge in [-0.15, -0.1) is 0 Å². The van der Waals surface area contributed by atoms with Crippen LogP contribution in [0.1, 0.15) is 76.7 Å². The van der Waals surface area contributed by atoms with Crippen molar-refractivity contribution in [2.45, 2.75) is 67.3 Å². The van der Waals surface area contributed by atoms with E-state index in [9.17, 15) is 15.0 Å². The molecule has 1 aromatic heterocycles. The predicted molar refractivity (Wildman–Crippen MR) is 125 cm³/mol. The highest BCUT2D eigenvalue weighted by molar-refractivity contribution is 5.95. The summed E-state index contributed by atoms with van der Waals surface area (Å²) < 4.78 is 1.84. The normalized spacial score (nSPS) is 13.3. The molecule has 0 spiro atoms. The highest BCUT2D eigenvalue weighted by Crippen LogP contribution is 2.48. The third kappa shape index (κ3) is 5.75. The van der Waals surface area contributed by atoms with E-state index in [0.29, 0.717) is 17.4 Å². The van der Waals surface area contributed by atoms with Gasteiger partial charge in [-0.25, -0.2) is 0 Å². The molecule has 1 unspecified atom stereocenters. The van der Waals surface area contributed by atoms with Crippen molar-refractivity contribution in [2.75, 3.05) is 0 Å². The van der Waals surface area contributed by atoms with Gasteiger partial charge in [0.05, 0.1) is 0 Å². The van der Waals surface area contributed by atoms with Gasteiger partial charge >= 0.3 is 0 Å². The van der Waals surface area contributed by atoms with Gasteiger partial charge in [-0.2, -0.15) is 4.57 Å². The summed E-state index contributed by atoms with van der Waals surface area (Å²) in [5.41, 5.74) is 2.90. The Hall–Kier alpha value is -2.62. The van der Waals surface area contributed by atoms with Crippen LogP contribution in [0.3, 0.4) is 0 Å². The van der Waals surface area contributed by atoms with Crippen molar-refractivity contribution in [1.29, 1.82) is 0 Å². The van der Waals surface area contributed by atoms with Gasteiger partial charge in [-0.3, -0.25) is 4.79 Å². The molecule has 1 heterocycles. The van der Waals surface area contributed by atoms with Crippen molar-refractivity contribution in [3.05, 3.63) is 66.0 Å². The molecule has 0 radical (unpaired) electrons. The maximum Gasteiger partial charge on any atom is 0.227 e. The molecule has 0 aliphatic rings. The smallest absolute Gasteiger partial charge is 0.227 e. The van der Waals surface area contributed by atoms with Crippen molar-refractivity contribution in [1.82, 2.24) is 0 Å². The molecule has 168 valence electrons. The Morgan fingerprint density at radius 3 is 2.10 bits per heavy atom. The second-order valence-electron chi connectivity index (χ2n) is 10.3.